The first-order valence-electron chi connectivity index (χ1n) is 3.66. The molecule has 0 radical (unpaired) electrons. The van der Waals surface area contributed by atoms with Crippen molar-refractivity contribution in [1.29, 1.82) is 0 Å². The predicted octanol–water partition coefficient (Wildman–Crippen LogP) is 2.08. The van der Waals surface area contributed by atoms with Crippen LogP contribution in [0.25, 0.3) is 0 Å². The largest absolute Gasteiger partial charge is 0.508 e. The minimum Gasteiger partial charge on any atom is -0.508 e. The first-order chi connectivity index (χ1) is 6.32. The molecule has 0 heterocycles. The third-order valence-electron chi connectivity index (χ3n) is 1.70. The van der Waals surface area contributed by atoms with E-state index in [1.165, 1.54) is 0 Å². The number of nitrogens with two attached hydrogens (primary N) is 1. The zero-order valence-corrected chi connectivity index (χ0v) is 8.14. The van der Waals surface area contributed by atoms with Crippen LogP contribution >= 0.6 is 12.4 Å². The molecule has 0 aromatic heterocycles. The fourth-order valence-corrected chi connectivity index (χ4v) is 0.971. The second kappa shape index (κ2) is 4.59. The topological polar surface area (TPSA) is 66.5 Å². The molecule has 3 nitrogen and oxygen atoms in total. The quantitative estimate of drug-likeness (QED) is 0.707. The van der Waals surface area contributed by atoms with Gasteiger partial charge in [0, 0.05) is 11.6 Å². The first-order valence-corrected chi connectivity index (χ1v) is 3.66. The van der Waals surface area contributed by atoms with Crippen LogP contribution in [0.4, 0.5) is 13.2 Å². The second-order valence-electron chi connectivity index (χ2n) is 2.76. The molecule has 0 fully saturated rings. The van der Waals surface area contributed by atoms with Crippen LogP contribution in [0.1, 0.15) is 11.6 Å². The third kappa shape index (κ3) is 3.17. The zero-order valence-electron chi connectivity index (χ0n) is 7.32. The number of phenolic OH excluding ortho intramolecular Hbond substituents is 2. The highest BCUT2D eigenvalue weighted by Gasteiger charge is 2.39. The lowest BCUT2D eigenvalue weighted by Gasteiger charge is -2.16. The van der Waals surface area contributed by atoms with E-state index in [1.54, 1.807) is 0 Å². The summed E-state index contributed by atoms with van der Waals surface area (Å²) in [6, 6.07) is 0.521. The van der Waals surface area contributed by atoms with Crippen LogP contribution in [0.3, 0.4) is 0 Å². The minimum atomic E-state index is -4.62. The van der Waals surface area contributed by atoms with Gasteiger partial charge in [-0.25, -0.2) is 0 Å². The smallest absolute Gasteiger partial charge is 0.407 e. The number of rotatable bonds is 1. The van der Waals surface area contributed by atoms with Crippen molar-refractivity contribution in [3.8, 4) is 11.5 Å². The van der Waals surface area contributed by atoms with E-state index >= 15 is 0 Å². The number of hydrogen-bond donors (Lipinski definition) is 3. The van der Waals surface area contributed by atoms with E-state index in [0.717, 1.165) is 18.2 Å². The van der Waals surface area contributed by atoms with Crippen LogP contribution in [0.5, 0.6) is 11.5 Å². The van der Waals surface area contributed by atoms with Gasteiger partial charge in [-0.1, -0.05) is 0 Å². The fraction of sp³-hybridized carbons (Fsp3) is 0.250. The van der Waals surface area contributed by atoms with Crippen LogP contribution in [0, 0.1) is 0 Å². The molecule has 0 saturated heterocycles. The van der Waals surface area contributed by atoms with Crippen molar-refractivity contribution in [1.82, 2.24) is 0 Å². The fourth-order valence-electron chi connectivity index (χ4n) is 0.971. The van der Waals surface area contributed by atoms with Crippen molar-refractivity contribution in [3.63, 3.8) is 0 Å². The highest BCUT2D eigenvalue weighted by molar-refractivity contribution is 5.85. The van der Waals surface area contributed by atoms with Gasteiger partial charge in [0.05, 0.1) is 0 Å². The van der Waals surface area contributed by atoms with Gasteiger partial charge in [-0.05, 0) is 12.1 Å². The molecule has 0 amide bonds. The van der Waals surface area contributed by atoms with E-state index in [4.69, 9.17) is 15.9 Å². The lowest BCUT2D eigenvalue weighted by Crippen LogP contribution is -2.28. The van der Waals surface area contributed by atoms with Gasteiger partial charge in [0.25, 0.3) is 0 Å². The standard InChI is InChI=1S/C8H8F3NO2.ClH/c9-8(10,11)7(12)5-2-1-4(13)3-6(5)14;/h1-3,7,13-14H,12H2;1H/t7-;/m0./s1. The van der Waals surface area contributed by atoms with Crippen molar-refractivity contribution >= 4 is 12.4 Å². The molecule has 1 rings (SSSR count). The maximum atomic E-state index is 12.1. The summed E-state index contributed by atoms with van der Waals surface area (Å²) in [6.45, 7) is 0. The molecule has 4 N–H and O–H groups in total. The maximum absolute atomic E-state index is 12.1. The molecule has 0 bridgehead atoms. The van der Waals surface area contributed by atoms with Gasteiger partial charge in [0.1, 0.15) is 17.5 Å². The van der Waals surface area contributed by atoms with Gasteiger partial charge in [-0.15, -0.1) is 12.4 Å². The van der Waals surface area contributed by atoms with E-state index in [9.17, 15) is 13.2 Å². The minimum absolute atomic E-state index is 0. The Labute approximate surface area is 89.7 Å². The summed E-state index contributed by atoms with van der Waals surface area (Å²) < 4.78 is 36.4. The van der Waals surface area contributed by atoms with Crippen LogP contribution in [0.2, 0.25) is 0 Å². The maximum Gasteiger partial charge on any atom is 0.407 e. The SMILES string of the molecule is Cl.N[C@@H](c1ccc(O)cc1O)C(F)(F)F. The van der Waals surface area contributed by atoms with E-state index in [1.807, 2.05) is 0 Å². The molecule has 1 aromatic carbocycles. The Morgan fingerprint density at radius 3 is 2.13 bits per heavy atom. The Bertz CT molecular complexity index is 343. The molecule has 0 unspecified atom stereocenters. The molecule has 0 aliphatic heterocycles. The molecule has 15 heavy (non-hydrogen) atoms. The Balaban J connectivity index is 0.00000196. The molecule has 7 heteroatoms. The monoisotopic (exact) mass is 243 g/mol. The molecule has 0 spiro atoms. The highest BCUT2D eigenvalue weighted by atomic mass is 35.5. The van der Waals surface area contributed by atoms with Crippen molar-refractivity contribution < 1.29 is 23.4 Å². The van der Waals surface area contributed by atoms with Crippen LogP contribution in [0.15, 0.2) is 18.2 Å². The number of hydrogen-bond acceptors (Lipinski definition) is 3. The molecule has 1 aromatic rings. The van der Waals surface area contributed by atoms with Gasteiger partial charge in [-0.3, -0.25) is 0 Å². The lowest BCUT2D eigenvalue weighted by atomic mass is 10.1. The van der Waals surface area contributed by atoms with Crippen molar-refractivity contribution in [2.24, 2.45) is 5.73 Å². The van der Waals surface area contributed by atoms with Crippen LogP contribution in [-0.2, 0) is 0 Å². The Hall–Kier alpha value is -1.14. The Morgan fingerprint density at radius 2 is 1.73 bits per heavy atom. The normalized spacial score (nSPS) is 13.1. The second-order valence-corrected chi connectivity index (χ2v) is 2.76. The van der Waals surface area contributed by atoms with E-state index in [0.29, 0.717) is 0 Å². The number of halogens is 4. The number of alkyl halides is 3. The summed E-state index contributed by atoms with van der Waals surface area (Å²) >= 11 is 0. The van der Waals surface area contributed by atoms with Gasteiger partial charge >= 0.3 is 6.18 Å². The third-order valence-corrected chi connectivity index (χ3v) is 1.70. The lowest BCUT2D eigenvalue weighted by molar-refractivity contribution is -0.149. The molecule has 0 aliphatic rings. The zero-order chi connectivity index (χ0) is 10.9. The van der Waals surface area contributed by atoms with Gasteiger partial charge in [0.15, 0.2) is 0 Å². The summed E-state index contributed by atoms with van der Waals surface area (Å²) in [6.07, 6.45) is -4.62. The van der Waals surface area contributed by atoms with E-state index in [-0.39, 0.29) is 18.2 Å². The first kappa shape index (κ1) is 13.9. The molecule has 0 saturated carbocycles. The van der Waals surface area contributed by atoms with Gasteiger partial charge in [-0.2, -0.15) is 13.2 Å². The van der Waals surface area contributed by atoms with Crippen LogP contribution in [-0.4, -0.2) is 16.4 Å². The summed E-state index contributed by atoms with van der Waals surface area (Å²) in [7, 11) is 0. The number of benzene rings is 1. The predicted molar refractivity (Wildman–Crippen MR) is 50.0 cm³/mol. The number of phenols is 2. The summed E-state index contributed by atoms with van der Waals surface area (Å²) in [5, 5.41) is 17.9. The highest BCUT2D eigenvalue weighted by Crippen LogP contribution is 2.36. The summed E-state index contributed by atoms with van der Waals surface area (Å²) in [5.41, 5.74) is 4.39. The average Bonchev–Trinajstić information content (AvgIpc) is 2.01. The Kier molecular flexibility index (Phi) is 4.24. The molecule has 0 aliphatic carbocycles. The Morgan fingerprint density at radius 1 is 1.20 bits per heavy atom. The molecule has 86 valence electrons. The van der Waals surface area contributed by atoms with Gasteiger partial charge in [0.2, 0.25) is 0 Å². The summed E-state index contributed by atoms with van der Waals surface area (Å²) in [4.78, 5) is 0. The van der Waals surface area contributed by atoms with E-state index in [2.05, 4.69) is 0 Å². The molecular formula is C8H9ClF3NO2. The summed E-state index contributed by atoms with van der Waals surface area (Å²) in [5.74, 6) is -0.990. The number of aromatic hydroxyl groups is 2. The van der Waals surface area contributed by atoms with E-state index < -0.39 is 23.5 Å². The van der Waals surface area contributed by atoms with Crippen LogP contribution < -0.4 is 5.73 Å². The molecule has 1 atom stereocenters. The van der Waals surface area contributed by atoms with Crippen molar-refractivity contribution in [3.05, 3.63) is 23.8 Å². The van der Waals surface area contributed by atoms with Crippen molar-refractivity contribution in [2.45, 2.75) is 12.2 Å². The molecular weight excluding hydrogens is 235 g/mol. The van der Waals surface area contributed by atoms with Gasteiger partial charge < -0.3 is 15.9 Å². The van der Waals surface area contributed by atoms with Crippen molar-refractivity contribution in [2.75, 3.05) is 0 Å². The average molecular weight is 244 g/mol.